The van der Waals surface area contributed by atoms with Gasteiger partial charge in [-0.15, -0.1) is 0 Å². The maximum absolute atomic E-state index is 11.2. The highest BCUT2D eigenvalue weighted by Gasteiger charge is 2.26. The lowest BCUT2D eigenvalue weighted by Crippen LogP contribution is -2.35. The molecule has 2 fully saturated rings. The monoisotopic (exact) mass is 354 g/mol. The molecule has 0 aromatic carbocycles. The van der Waals surface area contributed by atoms with Gasteiger partial charge in [-0.25, -0.2) is 15.0 Å². The van der Waals surface area contributed by atoms with Crippen LogP contribution in [0.5, 0.6) is 0 Å². The van der Waals surface area contributed by atoms with Gasteiger partial charge < -0.3 is 15.2 Å². The Hall–Kier alpha value is -2.44. The molecule has 0 radical (unpaired) electrons. The molecule has 2 aromatic heterocycles. The van der Waals surface area contributed by atoms with E-state index in [1.165, 1.54) is 31.4 Å². The maximum atomic E-state index is 11.2. The summed E-state index contributed by atoms with van der Waals surface area (Å²) in [7, 11) is 0. The van der Waals surface area contributed by atoms with Crippen molar-refractivity contribution >= 4 is 11.9 Å². The Kier molecular flexibility index (Phi) is 4.86. The third-order valence-corrected chi connectivity index (χ3v) is 5.65. The number of hydrogen-bond acceptors (Lipinski definition) is 5. The van der Waals surface area contributed by atoms with Crippen molar-refractivity contribution < 1.29 is 4.79 Å². The molecular formula is C19H26N6O. The van der Waals surface area contributed by atoms with Gasteiger partial charge in [-0.3, -0.25) is 4.79 Å². The summed E-state index contributed by atoms with van der Waals surface area (Å²) in [5.74, 6) is 2.44. The highest BCUT2D eigenvalue weighted by Crippen LogP contribution is 2.34. The Balaban J connectivity index is 1.42. The highest BCUT2D eigenvalue weighted by atomic mass is 16.1. The Morgan fingerprint density at radius 1 is 1.08 bits per heavy atom. The third-order valence-electron chi connectivity index (χ3n) is 5.65. The summed E-state index contributed by atoms with van der Waals surface area (Å²) >= 11 is 0. The standard InChI is InChI=1S/C19H26N6O/c20-17(26)13-25-12-9-21-18(25)15-6-10-24(11-7-15)19-22-8-5-16(23-19)14-3-1-2-4-14/h5,8-9,12,14-15H,1-4,6-7,10-11,13H2,(H2,20,26). The fourth-order valence-corrected chi connectivity index (χ4v) is 4.28. The lowest BCUT2D eigenvalue weighted by Gasteiger charge is -2.32. The molecule has 0 spiro atoms. The molecule has 26 heavy (non-hydrogen) atoms. The summed E-state index contributed by atoms with van der Waals surface area (Å²) in [6, 6.07) is 2.08. The Labute approximate surface area is 153 Å². The van der Waals surface area contributed by atoms with Crippen LogP contribution in [0.25, 0.3) is 0 Å². The van der Waals surface area contributed by atoms with Crippen molar-refractivity contribution in [3.8, 4) is 0 Å². The van der Waals surface area contributed by atoms with Gasteiger partial charge in [0.25, 0.3) is 0 Å². The summed E-state index contributed by atoms with van der Waals surface area (Å²) in [6.45, 7) is 2.01. The molecule has 1 saturated carbocycles. The lowest BCUT2D eigenvalue weighted by atomic mass is 9.96. The fraction of sp³-hybridized carbons (Fsp3) is 0.579. The van der Waals surface area contributed by atoms with E-state index in [4.69, 9.17) is 10.7 Å². The Morgan fingerprint density at radius 2 is 1.85 bits per heavy atom. The van der Waals surface area contributed by atoms with Gasteiger partial charge in [-0.1, -0.05) is 12.8 Å². The largest absolute Gasteiger partial charge is 0.368 e. The zero-order valence-electron chi connectivity index (χ0n) is 15.0. The van der Waals surface area contributed by atoms with E-state index in [9.17, 15) is 4.79 Å². The van der Waals surface area contributed by atoms with Gasteiger partial charge in [0.2, 0.25) is 11.9 Å². The van der Waals surface area contributed by atoms with Gasteiger partial charge in [0.15, 0.2) is 0 Å². The lowest BCUT2D eigenvalue weighted by molar-refractivity contribution is -0.118. The fourth-order valence-electron chi connectivity index (χ4n) is 4.28. The van der Waals surface area contributed by atoms with Crippen molar-refractivity contribution in [3.63, 3.8) is 0 Å². The zero-order chi connectivity index (χ0) is 17.9. The smallest absolute Gasteiger partial charge is 0.237 e. The molecule has 1 saturated heterocycles. The first kappa shape index (κ1) is 17.0. The van der Waals surface area contributed by atoms with Gasteiger partial charge in [-0.05, 0) is 31.7 Å². The van der Waals surface area contributed by atoms with Gasteiger partial charge in [0, 0.05) is 49.2 Å². The van der Waals surface area contributed by atoms with E-state index in [1.54, 1.807) is 6.20 Å². The molecule has 2 aliphatic rings. The van der Waals surface area contributed by atoms with Crippen molar-refractivity contribution in [2.24, 2.45) is 5.73 Å². The normalized spacial score (nSPS) is 19.2. The molecule has 1 aliphatic heterocycles. The van der Waals surface area contributed by atoms with Crippen molar-refractivity contribution in [2.75, 3.05) is 18.0 Å². The second kappa shape index (κ2) is 7.43. The number of rotatable bonds is 5. The molecular weight excluding hydrogens is 328 g/mol. The number of nitrogens with zero attached hydrogens (tertiary/aromatic N) is 5. The first-order valence-corrected chi connectivity index (χ1v) is 9.58. The van der Waals surface area contributed by atoms with Crippen LogP contribution in [-0.4, -0.2) is 38.5 Å². The van der Waals surface area contributed by atoms with Gasteiger partial charge in [-0.2, -0.15) is 0 Å². The molecule has 1 amide bonds. The van der Waals surface area contributed by atoms with E-state index in [1.807, 2.05) is 17.0 Å². The molecule has 4 rings (SSSR count). The maximum Gasteiger partial charge on any atom is 0.237 e. The van der Waals surface area contributed by atoms with Crippen molar-refractivity contribution in [1.29, 1.82) is 0 Å². The summed E-state index contributed by atoms with van der Waals surface area (Å²) < 4.78 is 1.87. The molecule has 138 valence electrons. The summed E-state index contributed by atoms with van der Waals surface area (Å²) in [5.41, 5.74) is 6.53. The molecule has 3 heterocycles. The van der Waals surface area contributed by atoms with Gasteiger partial charge in [0.05, 0.1) is 0 Å². The van der Waals surface area contributed by atoms with Crippen LogP contribution in [0, 0.1) is 0 Å². The number of anilines is 1. The van der Waals surface area contributed by atoms with E-state index in [2.05, 4.69) is 20.9 Å². The number of hydrogen-bond donors (Lipinski definition) is 1. The van der Waals surface area contributed by atoms with Crippen LogP contribution in [0.1, 0.15) is 61.9 Å². The predicted octanol–water partition coefficient (Wildman–Crippen LogP) is 2.20. The van der Waals surface area contributed by atoms with Gasteiger partial charge >= 0.3 is 0 Å². The van der Waals surface area contributed by atoms with Crippen LogP contribution in [0.2, 0.25) is 0 Å². The topological polar surface area (TPSA) is 89.9 Å². The number of aromatic nitrogens is 4. The Bertz CT molecular complexity index is 759. The molecule has 7 nitrogen and oxygen atoms in total. The Morgan fingerprint density at radius 3 is 2.58 bits per heavy atom. The molecule has 2 N–H and O–H groups in total. The highest BCUT2D eigenvalue weighted by molar-refractivity contribution is 5.73. The number of imidazole rings is 1. The van der Waals surface area contributed by atoms with Crippen molar-refractivity contribution in [1.82, 2.24) is 19.5 Å². The molecule has 0 unspecified atom stereocenters. The van der Waals surface area contributed by atoms with Crippen LogP contribution in [0.4, 0.5) is 5.95 Å². The average molecular weight is 354 g/mol. The van der Waals surface area contributed by atoms with Crippen LogP contribution < -0.4 is 10.6 Å². The van der Waals surface area contributed by atoms with E-state index >= 15 is 0 Å². The van der Waals surface area contributed by atoms with Crippen molar-refractivity contribution in [2.45, 2.75) is 56.9 Å². The first-order chi connectivity index (χ1) is 12.7. The van der Waals surface area contributed by atoms with Crippen LogP contribution in [0.15, 0.2) is 24.7 Å². The quantitative estimate of drug-likeness (QED) is 0.889. The molecule has 2 aromatic rings. The second-order valence-electron chi connectivity index (χ2n) is 7.40. The SMILES string of the molecule is NC(=O)Cn1ccnc1C1CCN(c2nccc(C3CCCC3)n2)CC1. The summed E-state index contributed by atoms with van der Waals surface area (Å²) in [6.07, 6.45) is 12.6. The molecule has 7 heteroatoms. The van der Waals surface area contributed by atoms with Crippen LogP contribution in [0.3, 0.4) is 0 Å². The van der Waals surface area contributed by atoms with E-state index in [-0.39, 0.29) is 12.5 Å². The number of carbonyl (C=O) groups excluding carboxylic acids is 1. The number of primary amides is 1. The number of amides is 1. The summed E-state index contributed by atoms with van der Waals surface area (Å²) in [4.78, 5) is 27.3. The van der Waals surface area contributed by atoms with E-state index in [0.29, 0.717) is 11.8 Å². The third kappa shape index (κ3) is 3.57. The second-order valence-corrected chi connectivity index (χ2v) is 7.40. The minimum Gasteiger partial charge on any atom is -0.368 e. The molecule has 1 aliphatic carbocycles. The van der Waals surface area contributed by atoms with Gasteiger partial charge in [0.1, 0.15) is 12.4 Å². The van der Waals surface area contributed by atoms with Crippen molar-refractivity contribution in [3.05, 3.63) is 36.2 Å². The average Bonchev–Trinajstić information content (AvgIpc) is 3.33. The minimum atomic E-state index is -0.334. The first-order valence-electron chi connectivity index (χ1n) is 9.58. The number of carbonyl (C=O) groups is 1. The number of piperidine rings is 1. The molecule has 0 atom stereocenters. The van der Waals surface area contributed by atoms with E-state index < -0.39 is 0 Å². The minimum absolute atomic E-state index is 0.197. The predicted molar refractivity (Wildman–Crippen MR) is 98.9 cm³/mol. The van der Waals surface area contributed by atoms with Crippen LogP contribution in [-0.2, 0) is 11.3 Å². The number of nitrogens with two attached hydrogens (primary N) is 1. The van der Waals surface area contributed by atoms with E-state index in [0.717, 1.165) is 37.7 Å². The van der Waals surface area contributed by atoms with Crippen LogP contribution >= 0.6 is 0 Å². The molecule has 0 bridgehead atoms. The summed E-state index contributed by atoms with van der Waals surface area (Å²) in [5, 5.41) is 0. The zero-order valence-corrected chi connectivity index (χ0v) is 15.0.